The van der Waals surface area contributed by atoms with Crippen molar-refractivity contribution in [1.82, 2.24) is 0 Å². The smallest absolute Gasteiger partial charge is 0.381 e. The molecule has 0 atom stereocenters. The first-order valence-electron chi connectivity index (χ1n) is 8.41. The first-order valence-corrected chi connectivity index (χ1v) is 11.6. The predicted molar refractivity (Wildman–Crippen MR) is 96.6 cm³/mol. The largest absolute Gasteiger partial charge is 0.420 e. The van der Waals surface area contributed by atoms with E-state index in [4.69, 9.17) is 0 Å². The van der Waals surface area contributed by atoms with Crippen LogP contribution in [0.25, 0.3) is 0 Å². The first-order chi connectivity index (χ1) is 15.1. The molecule has 0 saturated carbocycles. The van der Waals surface area contributed by atoms with Gasteiger partial charge < -0.3 is 8.37 Å². The van der Waals surface area contributed by atoms with E-state index in [-0.39, 0.29) is 17.7 Å². The fourth-order valence-electron chi connectivity index (χ4n) is 2.44. The van der Waals surface area contributed by atoms with Crippen LogP contribution < -0.4 is 8.37 Å². The molecule has 34 heavy (non-hydrogen) atoms. The predicted octanol–water partition coefficient (Wildman–Crippen LogP) is 5.13. The minimum atomic E-state index is -5.58. The van der Waals surface area contributed by atoms with Gasteiger partial charge in [0.05, 0.1) is 16.7 Å². The topological polar surface area (TPSA) is 86.7 Å². The molecule has 17 heteroatoms. The Morgan fingerprint density at radius 2 is 1.06 bits per heavy atom. The Bertz CT molecular complexity index is 1280. The van der Waals surface area contributed by atoms with E-state index in [1.54, 1.807) is 0 Å². The van der Waals surface area contributed by atoms with Gasteiger partial charge in [0.2, 0.25) is 5.08 Å². The summed E-state index contributed by atoms with van der Waals surface area (Å²) in [6.07, 6.45) is -15.9. The number of rotatable bonds is 6. The van der Waals surface area contributed by atoms with Crippen LogP contribution in [0.3, 0.4) is 0 Å². The lowest BCUT2D eigenvalue weighted by atomic mass is 10.1. The van der Waals surface area contributed by atoms with Crippen molar-refractivity contribution in [3.63, 3.8) is 0 Å². The summed E-state index contributed by atoms with van der Waals surface area (Å²) in [5, 5.41) is -2.26. The van der Waals surface area contributed by atoms with E-state index in [1.807, 2.05) is 0 Å². The van der Waals surface area contributed by atoms with Gasteiger partial charge in [-0.2, -0.15) is 56.3 Å². The van der Waals surface area contributed by atoms with Crippen molar-refractivity contribution in [2.45, 2.75) is 25.5 Å². The molecule has 0 spiro atoms. The summed E-state index contributed by atoms with van der Waals surface area (Å²) in [5.41, 5.74) is -5.55. The van der Waals surface area contributed by atoms with Crippen molar-refractivity contribution in [3.05, 3.63) is 58.7 Å². The third-order valence-corrected chi connectivity index (χ3v) is 6.95. The lowest BCUT2D eigenvalue weighted by Crippen LogP contribution is -2.26. The van der Waals surface area contributed by atoms with E-state index in [0.717, 1.165) is 6.07 Å². The van der Waals surface area contributed by atoms with Crippen LogP contribution in [0.15, 0.2) is 36.4 Å². The molecule has 190 valence electrons. The maximum atomic E-state index is 13.1. The van der Waals surface area contributed by atoms with Crippen molar-refractivity contribution in [2.24, 2.45) is 0 Å². The van der Waals surface area contributed by atoms with Crippen LogP contribution in [0.5, 0.6) is 11.5 Å². The normalized spacial score (nSPS) is 13.6. The van der Waals surface area contributed by atoms with Gasteiger partial charge in [-0.3, -0.25) is 0 Å². The van der Waals surface area contributed by atoms with Crippen LogP contribution in [0, 0.1) is 6.92 Å². The fraction of sp³-hybridized carbons (Fsp3) is 0.294. The average molecular weight is 546 g/mol. The number of hydrogen-bond donors (Lipinski definition) is 0. The van der Waals surface area contributed by atoms with Crippen molar-refractivity contribution in [2.75, 3.05) is 5.08 Å². The number of benzene rings is 2. The summed E-state index contributed by atoms with van der Waals surface area (Å²) in [6, 6.07) is 1.65. The highest BCUT2D eigenvalue weighted by Gasteiger charge is 2.41. The molecule has 0 N–H and O–H groups in total. The van der Waals surface area contributed by atoms with E-state index < -0.39 is 78.1 Å². The molecule has 0 fully saturated rings. The van der Waals surface area contributed by atoms with Crippen molar-refractivity contribution in [1.29, 1.82) is 0 Å². The molecule has 0 bridgehead atoms. The van der Waals surface area contributed by atoms with Crippen LogP contribution >= 0.6 is 0 Å². The first kappa shape index (κ1) is 27.6. The number of alkyl halides is 9. The lowest BCUT2D eigenvalue weighted by molar-refractivity contribution is -0.143. The van der Waals surface area contributed by atoms with Gasteiger partial charge in [-0.15, -0.1) is 0 Å². The standard InChI is InChI=1S/C17H11F9O6S2/c1-9-2-4-13(11(6-9)16(21,22)23)31-33(27,28)8-34(29,30)32-14-5-3-10(15(18,19)20)7-12(14)17(24,25)26/h2-7H,8H2,1H3. The monoisotopic (exact) mass is 546 g/mol. The zero-order valence-electron chi connectivity index (χ0n) is 16.3. The number of aryl methyl sites for hydroxylation is 1. The molecule has 0 heterocycles. The second-order valence-electron chi connectivity index (χ2n) is 6.60. The van der Waals surface area contributed by atoms with Crippen molar-refractivity contribution >= 4 is 20.2 Å². The minimum absolute atomic E-state index is 0.00158. The summed E-state index contributed by atoms with van der Waals surface area (Å²) in [5.74, 6) is -3.01. The van der Waals surface area contributed by atoms with Crippen LogP contribution in [0.1, 0.15) is 22.3 Å². The molecular weight excluding hydrogens is 535 g/mol. The molecule has 0 amide bonds. The highest BCUT2D eigenvalue weighted by atomic mass is 32.3. The van der Waals surface area contributed by atoms with Gasteiger partial charge in [0.1, 0.15) is 0 Å². The van der Waals surface area contributed by atoms with Crippen LogP contribution in [0.2, 0.25) is 0 Å². The van der Waals surface area contributed by atoms with Gasteiger partial charge >= 0.3 is 38.8 Å². The molecule has 0 aliphatic rings. The zero-order valence-corrected chi connectivity index (χ0v) is 18.0. The Labute approximate surface area is 186 Å². The number of hydrogen-bond acceptors (Lipinski definition) is 6. The summed E-state index contributed by atoms with van der Waals surface area (Å²) >= 11 is 0. The van der Waals surface area contributed by atoms with E-state index >= 15 is 0 Å². The third-order valence-electron chi connectivity index (χ3n) is 3.77. The van der Waals surface area contributed by atoms with Gasteiger partial charge in [0, 0.05) is 0 Å². The molecule has 0 radical (unpaired) electrons. The molecule has 2 aromatic rings. The average Bonchev–Trinajstić information content (AvgIpc) is 2.59. The van der Waals surface area contributed by atoms with Gasteiger partial charge in [-0.05, 0) is 37.3 Å². The highest BCUT2D eigenvalue weighted by Crippen LogP contribution is 2.41. The third kappa shape index (κ3) is 7.15. The summed E-state index contributed by atoms with van der Waals surface area (Å²) in [4.78, 5) is 0. The van der Waals surface area contributed by atoms with E-state index in [1.165, 1.54) is 6.92 Å². The minimum Gasteiger partial charge on any atom is -0.381 e. The Hall–Kier alpha value is -2.69. The SMILES string of the molecule is Cc1ccc(OS(=O)(=O)CS(=O)(=O)Oc2ccc(C(F)(F)F)cc2C(F)(F)F)c(C(F)(F)F)c1. The molecule has 6 nitrogen and oxygen atoms in total. The molecule has 2 rings (SSSR count). The van der Waals surface area contributed by atoms with Crippen LogP contribution in [-0.4, -0.2) is 21.9 Å². The van der Waals surface area contributed by atoms with Gasteiger partial charge in [0.15, 0.2) is 11.5 Å². The quantitative estimate of drug-likeness (QED) is 0.369. The van der Waals surface area contributed by atoms with Gasteiger partial charge in [-0.1, -0.05) is 11.6 Å². The molecule has 0 saturated heterocycles. The summed E-state index contributed by atoms with van der Waals surface area (Å²) in [7, 11) is -11.0. The van der Waals surface area contributed by atoms with E-state index in [0.29, 0.717) is 12.1 Å². The summed E-state index contributed by atoms with van der Waals surface area (Å²) < 4.78 is 173. The maximum Gasteiger partial charge on any atom is 0.420 e. The Morgan fingerprint density at radius 1 is 0.647 bits per heavy atom. The van der Waals surface area contributed by atoms with Gasteiger partial charge in [0.25, 0.3) is 0 Å². The Balaban J connectivity index is 2.38. The molecule has 0 aliphatic heterocycles. The molecule has 0 aromatic heterocycles. The Kier molecular flexibility index (Phi) is 7.15. The highest BCUT2D eigenvalue weighted by molar-refractivity contribution is 8.04. The molecule has 0 unspecified atom stereocenters. The van der Waals surface area contributed by atoms with E-state index in [2.05, 4.69) is 8.37 Å². The molecule has 0 aliphatic carbocycles. The lowest BCUT2D eigenvalue weighted by Gasteiger charge is -2.17. The second-order valence-corrected chi connectivity index (χ2v) is 10.1. The molecule has 2 aromatic carbocycles. The van der Waals surface area contributed by atoms with Crippen molar-refractivity contribution < 1.29 is 64.7 Å². The van der Waals surface area contributed by atoms with E-state index in [9.17, 15) is 56.3 Å². The Morgan fingerprint density at radius 3 is 1.47 bits per heavy atom. The second kappa shape index (κ2) is 8.83. The van der Waals surface area contributed by atoms with Gasteiger partial charge in [-0.25, -0.2) is 0 Å². The summed E-state index contributed by atoms with van der Waals surface area (Å²) in [6.45, 7) is 1.23. The van der Waals surface area contributed by atoms with Crippen LogP contribution in [-0.2, 0) is 38.8 Å². The molecular formula is C17H11F9O6S2. The fourth-order valence-corrected chi connectivity index (χ4v) is 5.07. The number of halogens is 9. The van der Waals surface area contributed by atoms with Crippen molar-refractivity contribution in [3.8, 4) is 11.5 Å². The van der Waals surface area contributed by atoms with Crippen LogP contribution in [0.4, 0.5) is 39.5 Å². The maximum absolute atomic E-state index is 13.1. The zero-order chi connectivity index (χ0) is 26.3.